The van der Waals surface area contributed by atoms with Crippen molar-refractivity contribution in [2.75, 3.05) is 23.9 Å². The van der Waals surface area contributed by atoms with Crippen LogP contribution in [0.5, 0.6) is 0 Å². The van der Waals surface area contributed by atoms with Crippen molar-refractivity contribution in [3.05, 3.63) is 53.6 Å². The molecule has 2 aliphatic rings. The van der Waals surface area contributed by atoms with E-state index in [0.29, 0.717) is 24.2 Å². The van der Waals surface area contributed by atoms with E-state index in [0.717, 1.165) is 12.1 Å². The molecule has 0 aromatic heterocycles. The summed E-state index contributed by atoms with van der Waals surface area (Å²) in [6, 6.07) is 6.54. The maximum atomic E-state index is 14.2. The van der Waals surface area contributed by atoms with Crippen LogP contribution in [-0.4, -0.2) is 53.3 Å². The van der Waals surface area contributed by atoms with Gasteiger partial charge in [-0.05, 0) is 42.5 Å². The molecule has 2 N–H and O–H groups in total. The number of fused-ring (bicyclic) bond motifs is 2. The molecular formula is C21H19F2N3O3S. The van der Waals surface area contributed by atoms with Gasteiger partial charge in [0.15, 0.2) is 0 Å². The minimum Gasteiger partial charge on any atom is -0.350 e. The SMILES string of the molecule is CSCC(=O)N[C@H]1CCN2C(=O)c3cc(-c4ccc(F)cc4F)ccc3NC(=O)[C@H]12. The monoisotopic (exact) mass is 431 g/mol. The molecule has 1 saturated heterocycles. The van der Waals surface area contributed by atoms with Crippen molar-refractivity contribution < 1.29 is 23.2 Å². The molecule has 2 atom stereocenters. The van der Waals surface area contributed by atoms with Crippen LogP contribution in [-0.2, 0) is 9.59 Å². The number of anilines is 1. The molecule has 2 aliphatic heterocycles. The summed E-state index contributed by atoms with van der Waals surface area (Å²) in [6.45, 7) is 0.315. The van der Waals surface area contributed by atoms with Gasteiger partial charge in [0.05, 0.1) is 23.0 Å². The van der Waals surface area contributed by atoms with Crippen LogP contribution >= 0.6 is 11.8 Å². The lowest BCUT2D eigenvalue weighted by atomic mass is 10.0. The molecule has 0 spiro atoms. The quantitative estimate of drug-likeness (QED) is 0.780. The highest BCUT2D eigenvalue weighted by atomic mass is 32.2. The summed E-state index contributed by atoms with van der Waals surface area (Å²) in [6.07, 6.45) is 2.27. The van der Waals surface area contributed by atoms with E-state index in [1.807, 2.05) is 0 Å². The van der Waals surface area contributed by atoms with E-state index in [9.17, 15) is 23.2 Å². The van der Waals surface area contributed by atoms with Gasteiger partial charge in [0.2, 0.25) is 11.8 Å². The summed E-state index contributed by atoms with van der Waals surface area (Å²) in [4.78, 5) is 39.5. The molecular weight excluding hydrogens is 412 g/mol. The first-order chi connectivity index (χ1) is 14.4. The van der Waals surface area contributed by atoms with Gasteiger partial charge in [-0.1, -0.05) is 6.07 Å². The predicted molar refractivity (Wildman–Crippen MR) is 110 cm³/mol. The van der Waals surface area contributed by atoms with Gasteiger partial charge in [-0.15, -0.1) is 0 Å². The lowest BCUT2D eigenvalue weighted by Crippen LogP contribution is -2.51. The smallest absolute Gasteiger partial charge is 0.256 e. The Bertz CT molecular complexity index is 1050. The first kappa shape index (κ1) is 20.3. The molecule has 0 saturated carbocycles. The summed E-state index contributed by atoms with van der Waals surface area (Å²) in [5.41, 5.74) is 1.10. The van der Waals surface area contributed by atoms with Crippen molar-refractivity contribution in [2.45, 2.75) is 18.5 Å². The number of rotatable bonds is 4. The fourth-order valence-electron chi connectivity index (χ4n) is 3.96. The highest BCUT2D eigenvalue weighted by Gasteiger charge is 2.45. The third kappa shape index (κ3) is 3.65. The van der Waals surface area contributed by atoms with Gasteiger partial charge >= 0.3 is 0 Å². The topological polar surface area (TPSA) is 78.5 Å². The van der Waals surface area contributed by atoms with E-state index in [1.54, 1.807) is 12.3 Å². The van der Waals surface area contributed by atoms with Crippen LogP contribution in [0.1, 0.15) is 16.8 Å². The zero-order valence-electron chi connectivity index (χ0n) is 16.1. The largest absolute Gasteiger partial charge is 0.350 e. The van der Waals surface area contributed by atoms with Crippen LogP contribution in [0, 0.1) is 11.6 Å². The molecule has 2 aromatic rings. The molecule has 30 heavy (non-hydrogen) atoms. The lowest BCUT2D eigenvalue weighted by molar-refractivity contribution is -0.122. The van der Waals surface area contributed by atoms with Gasteiger partial charge in [-0.3, -0.25) is 14.4 Å². The molecule has 4 rings (SSSR count). The third-order valence-electron chi connectivity index (χ3n) is 5.30. The highest BCUT2D eigenvalue weighted by Crippen LogP contribution is 2.33. The van der Waals surface area contributed by atoms with Crippen molar-refractivity contribution in [2.24, 2.45) is 0 Å². The van der Waals surface area contributed by atoms with Crippen LogP contribution in [0.25, 0.3) is 11.1 Å². The minimum atomic E-state index is -0.818. The predicted octanol–water partition coefficient (Wildman–Crippen LogP) is 2.65. The van der Waals surface area contributed by atoms with E-state index < -0.39 is 23.7 Å². The third-order valence-corrected chi connectivity index (χ3v) is 5.85. The van der Waals surface area contributed by atoms with Gasteiger partial charge in [-0.2, -0.15) is 11.8 Å². The minimum absolute atomic E-state index is 0.155. The number of halogens is 2. The number of hydrogen-bond donors (Lipinski definition) is 2. The van der Waals surface area contributed by atoms with Crippen LogP contribution in [0.3, 0.4) is 0 Å². The summed E-state index contributed by atoms with van der Waals surface area (Å²) >= 11 is 1.37. The van der Waals surface area contributed by atoms with Crippen LogP contribution < -0.4 is 10.6 Å². The Balaban J connectivity index is 1.67. The number of carbonyl (C=O) groups excluding carboxylic acids is 3. The van der Waals surface area contributed by atoms with Gasteiger partial charge in [0.1, 0.15) is 17.7 Å². The summed E-state index contributed by atoms with van der Waals surface area (Å²) in [7, 11) is 0. The van der Waals surface area contributed by atoms with Gasteiger partial charge in [-0.25, -0.2) is 8.78 Å². The van der Waals surface area contributed by atoms with Crippen LogP contribution in [0.2, 0.25) is 0 Å². The second-order valence-electron chi connectivity index (χ2n) is 7.21. The lowest BCUT2D eigenvalue weighted by Gasteiger charge is -2.24. The van der Waals surface area contributed by atoms with Crippen LogP contribution in [0.4, 0.5) is 14.5 Å². The molecule has 0 bridgehead atoms. The van der Waals surface area contributed by atoms with Crippen LogP contribution in [0.15, 0.2) is 36.4 Å². The van der Waals surface area contributed by atoms with E-state index >= 15 is 0 Å². The average Bonchev–Trinajstić information content (AvgIpc) is 3.07. The summed E-state index contributed by atoms with van der Waals surface area (Å²) < 4.78 is 27.4. The Kier molecular flexibility index (Phi) is 5.46. The van der Waals surface area contributed by atoms with Crippen molar-refractivity contribution in [3.8, 4) is 11.1 Å². The van der Waals surface area contributed by atoms with Crippen molar-refractivity contribution in [1.29, 1.82) is 0 Å². The first-order valence-electron chi connectivity index (χ1n) is 9.38. The number of carbonyl (C=O) groups is 3. The number of amides is 3. The Morgan fingerprint density at radius 1 is 1.20 bits per heavy atom. The standard InChI is InChI=1S/C21H19F2N3O3S/c1-30-10-18(27)24-17-6-7-26-19(17)20(28)25-16-5-2-11(8-14(16)21(26)29)13-4-3-12(22)9-15(13)23/h2-5,8-9,17,19H,6-7,10H2,1H3,(H,24,27)(H,25,28)/t17-,19-/m0/s1. The molecule has 1 fully saturated rings. The fraction of sp³-hybridized carbons (Fsp3) is 0.286. The van der Waals surface area contributed by atoms with Gasteiger partial charge < -0.3 is 15.5 Å². The molecule has 0 unspecified atom stereocenters. The van der Waals surface area contributed by atoms with E-state index in [1.165, 1.54) is 34.9 Å². The Morgan fingerprint density at radius 2 is 2.00 bits per heavy atom. The van der Waals surface area contributed by atoms with E-state index in [-0.39, 0.29) is 34.6 Å². The molecule has 0 radical (unpaired) electrons. The molecule has 3 amide bonds. The Hall–Kier alpha value is -2.94. The summed E-state index contributed by atoms with van der Waals surface area (Å²) in [5, 5.41) is 5.59. The van der Waals surface area contributed by atoms with Gasteiger partial charge in [0.25, 0.3) is 5.91 Å². The maximum absolute atomic E-state index is 14.2. The number of nitrogens with one attached hydrogen (secondary N) is 2. The van der Waals surface area contributed by atoms with Gasteiger partial charge in [0, 0.05) is 18.2 Å². The highest BCUT2D eigenvalue weighted by molar-refractivity contribution is 7.99. The fourth-order valence-corrected chi connectivity index (χ4v) is 4.30. The van der Waals surface area contributed by atoms with E-state index in [4.69, 9.17) is 0 Å². The van der Waals surface area contributed by atoms with E-state index in [2.05, 4.69) is 10.6 Å². The molecule has 156 valence electrons. The number of thioether (sulfide) groups is 1. The number of benzene rings is 2. The molecule has 9 heteroatoms. The maximum Gasteiger partial charge on any atom is 0.256 e. The Labute approximate surface area is 176 Å². The normalized spacial score (nSPS) is 20.3. The number of hydrogen-bond acceptors (Lipinski definition) is 4. The molecule has 2 heterocycles. The van der Waals surface area contributed by atoms with Crippen molar-refractivity contribution in [3.63, 3.8) is 0 Å². The molecule has 0 aliphatic carbocycles. The second kappa shape index (κ2) is 8.06. The van der Waals surface area contributed by atoms with Crippen molar-refractivity contribution >= 4 is 35.2 Å². The molecule has 2 aromatic carbocycles. The zero-order chi connectivity index (χ0) is 21.4. The second-order valence-corrected chi connectivity index (χ2v) is 8.08. The Morgan fingerprint density at radius 3 is 2.73 bits per heavy atom. The zero-order valence-corrected chi connectivity index (χ0v) is 16.9. The number of nitrogens with zero attached hydrogens (tertiary/aromatic N) is 1. The summed E-state index contributed by atoms with van der Waals surface area (Å²) in [5.74, 6) is -2.11. The molecule has 6 nitrogen and oxygen atoms in total. The average molecular weight is 431 g/mol. The van der Waals surface area contributed by atoms with Crippen molar-refractivity contribution in [1.82, 2.24) is 10.2 Å². The first-order valence-corrected chi connectivity index (χ1v) is 10.8.